The molecule has 0 bridgehead atoms. The van der Waals surface area contributed by atoms with E-state index in [1.807, 2.05) is 30.3 Å². The predicted octanol–water partition coefficient (Wildman–Crippen LogP) is 4.48. The van der Waals surface area contributed by atoms with Gasteiger partial charge in [-0.15, -0.1) is 5.10 Å². The molecule has 0 saturated heterocycles. The molecule has 2 aromatic heterocycles. The molecule has 0 spiro atoms. The standard InChI is InChI=1S/C25H15N5O6/c31-25(32)23-24(15-6-8-16(9-7-15)30(33)34)29(28-27-23)20-11-18(14-4-2-1-3-5-14)26-19-12-22-21(10-17(19)20)35-13-36-22/h1-12H,13H2,(H,31,32). The molecule has 3 heterocycles. The average molecular weight is 481 g/mol. The zero-order valence-electron chi connectivity index (χ0n) is 18.4. The normalized spacial score (nSPS) is 12.1. The van der Waals surface area contributed by atoms with Crippen molar-refractivity contribution in [2.24, 2.45) is 0 Å². The molecule has 11 heteroatoms. The van der Waals surface area contributed by atoms with E-state index >= 15 is 0 Å². The Morgan fingerprint density at radius 3 is 2.39 bits per heavy atom. The topological polar surface area (TPSA) is 142 Å². The van der Waals surface area contributed by atoms with Crippen molar-refractivity contribution in [2.45, 2.75) is 0 Å². The number of ether oxygens (including phenoxy) is 2. The number of hydrogen-bond donors (Lipinski definition) is 1. The molecule has 0 fully saturated rings. The van der Waals surface area contributed by atoms with Gasteiger partial charge >= 0.3 is 5.97 Å². The average Bonchev–Trinajstić information content (AvgIpc) is 3.54. The second-order valence-corrected chi connectivity index (χ2v) is 7.92. The van der Waals surface area contributed by atoms with Crippen LogP contribution in [0.25, 0.3) is 39.1 Å². The molecule has 1 aliphatic rings. The maximum Gasteiger partial charge on any atom is 0.358 e. The van der Waals surface area contributed by atoms with Gasteiger partial charge in [-0.05, 0) is 24.3 Å². The smallest absolute Gasteiger partial charge is 0.358 e. The van der Waals surface area contributed by atoms with Gasteiger partial charge in [-0.1, -0.05) is 35.5 Å². The van der Waals surface area contributed by atoms with Gasteiger partial charge in [0.15, 0.2) is 17.2 Å². The van der Waals surface area contributed by atoms with Crippen LogP contribution in [0.1, 0.15) is 10.5 Å². The second-order valence-electron chi connectivity index (χ2n) is 7.92. The summed E-state index contributed by atoms with van der Waals surface area (Å²) in [5.74, 6) is -0.214. The molecular formula is C25H15N5O6. The summed E-state index contributed by atoms with van der Waals surface area (Å²) in [5, 5.41) is 29.7. The van der Waals surface area contributed by atoms with Crippen LogP contribution in [0.5, 0.6) is 11.5 Å². The summed E-state index contributed by atoms with van der Waals surface area (Å²) in [4.78, 5) is 27.4. The van der Waals surface area contributed by atoms with E-state index in [-0.39, 0.29) is 23.9 Å². The van der Waals surface area contributed by atoms with Crippen molar-refractivity contribution in [1.29, 1.82) is 0 Å². The highest BCUT2D eigenvalue weighted by Crippen LogP contribution is 2.39. The number of carboxylic acid groups (broad SMARTS) is 1. The number of aromatic nitrogens is 4. The summed E-state index contributed by atoms with van der Waals surface area (Å²) in [6, 6.07) is 20.3. The Kier molecular flexibility index (Phi) is 4.81. The molecule has 6 rings (SSSR count). The van der Waals surface area contributed by atoms with Crippen LogP contribution in [-0.4, -0.2) is 42.8 Å². The van der Waals surface area contributed by atoms with Crippen LogP contribution in [0.4, 0.5) is 5.69 Å². The van der Waals surface area contributed by atoms with Gasteiger partial charge in [0.1, 0.15) is 5.69 Å². The summed E-state index contributed by atoms with van der Waals surface area (Å²) in [5.41, 5.74) is 2.70. The first-order chi connectivity index (χ1) is 17.5. The van der Waals surface area contributed by atoms with Crippen molar-refractivity contribution in [2.75, 3.05) is 6.79 Å². The lowest BCUT2D eigenvalue weighted by Crippen LogP contribution is -2.05. The van der Waals surface area contributed by atoms with Crippen molar-refractivity contribution in [3.05, 3.63) is 88.6 Å². The largest absolute Gasteiger partial charge is 0.476 e. The Morgan fingerprint density at radius 1 is 0.972 bits per heavy atom. The number of carboxylic acids is 1. The van der Waals surface area contributed by atoms with Crippen LogP contribution in [0, 0.1) is 10.1 Å². The van der Waals surface area contributed by atoms with Crippen molar-refractivity contribution >= 4 is 22.6 Å². The first-order valence-electron chi connectivity index (χ1n) is 10.7. The summed E-state index contributed by atoms with van der Waals surface area (Å²) in [7, 11) is 0. The summed E-state index contributed by atoms with van der Waals surface area (Å²) in [6.45, 7) is 0.0765. The van der Waals surface area contributed by atoms with E-state index in [4.69, 9.17) is 14.5 Å². The molecule has 36 heavy (non-hydrogen) atoms. The van der Waals surface area contributed by atoms with Crippen LogP contribution in [0.15, 0.2) is 72.8 Å². The highest BCUT2D eigenvalue weighted by Gasteiger charge is 2.25. The number of carbonyl (C=O) groups is 1. The highest BCUT2D eigenvalue weighted by atomic mass is 16.7. The van der Waals surface area contributed by atoms with Crippen molar-refractivity contribution < 1.29 is 24.3 Å². The number of nitro groups is 1. The highest BCUT2D eigenvalue weighted by molar-refractivity contribution is 5.96. The van der Waals surface area contributed by atoms with Gasteiger partial charge in [-0.25, -0.2) is 14.5 Å². The van der Waals surface area contributed by atoms with Crippen LogP contribution in [0.3, 0.4) is 0 Å². The van der Waals surface area contributed by atoms with Gasteiger partial charge in [0, 0.05) is 34.7 Å². The lowest BCUT2D eigenvalue weighted by molar-refractivity contribution is -0.384. The quantitative estimate of drug-likeness (QED) is 0.284. The number of nitro benzene ring substituents is 1. The minimum Gasteiger partial charge on any atom is -0.476 e. The number of benzene rings is 3. The second kappa shape index (κ2) is 8.17. The molecule has 0 atom stereocenters. The Balaban J connectivity index is 1.64. The first kappa shape index (κ1) is 21.2. The molecule has 0 amide bonds. The predicted molar refractivity (Wildman–Crippen MR) is 127 cm³/mol. The molecule has 1 aliphatic heterocycles. The number of hydrogen-bond acceptors (Lipinski definition) is 8. The van der Waals surface area contributed by atoms with E-state index in [2.05, 4.69) is 10.3 Å². The fourth-order valence-electron chi connectivity index (χ4n) is 4.12. The van der Waals surface area contributed by atoms with E-state index < -0.39 is 10.9 Å². The molecular weight excluding hydrogens is 466 g/mol. The van der Waals surface area contributed by atoms with Crippen molar-refractivity contribution in [1.82, 2.24) is 20.0 Å². The van der Waals surface area contributed by atoms with E-state index in [9.17, 15) is 20.0 Å². The summed E-state index contributed by atoms with van der Waals surface area (Å²) in [6.07, 6.45) is 0. The SMILES string of the molecule is O=C(O)c1nnn(-c2cc(-c3ccccc3)nc3cc4c(cc23)OCO4)c1-c1ccc([N+](=O)[O-])cc1. The van der Waals surface area contributed by atoms with E-state index in [1.165, 1.54) is 28.9 Å². The molecule has 0 aliphatic carbocycles. The van der Waals surface area contributed by atoms with Gasteiger partial charge < -0.3 is 14.6 Å². The molecule has 0 unspecified atom stereocenters. The third-order valence-corrected chi connectivity index (χ3v) is 5.80. The molecule has 0 radical (unpaired) electrons. The van der Waals surface area contributed by atoms with Crippen molar-refractivity contribution in [3.63, 3.8) is 0 Å². The van der Waals surface area contributed by atoms with Gasteiger partial charge in [-0.3, -0.25) is 10.1 Å². The molecule has 176 valence electrons. The zero-order chi connectivity index (χ0) is 24.8. The Hall–Kier alpha value is -5.32. The van der Waals surface area contributed by atoms with Gasteiger partial charge in [0.25, 0.3) is 5.69 Å². The van der Waals surface area contributed by atoms with Crippen molar-refractivity contribution in [3.8, 4) is 39.7 Å². The molecule has 0 saturated carbocycles. The molecule has 11 nitrogen and oxygen atoms in total. The minimum absolute atomic E-state index is 0.0765. The summed E-state index contributed by atoms with van der Waals surface area (Å²) < 4.78 is 12.5. The fraction of sp³-hybridized carbons (Fsp3) is 0.0400. The monoisotopic (exact) mass is 481 g/mol. The zero-order valence-corrected chi connectivity index (χ0v) is 18.4. The molecule has 3 aromatic carbocycles. The lowest BCUT2D eigenvalue weighted by atomic mass is 10.1. The Morgan fingerprint density at radius 2 is 1.69 bits per heavy atom. The maximum absolute atomic E-state index is 12.0. The number of pyridine rings is 1. The number of fused-ring (bicyclic) bond motifs is 2. The minimum atomic E-state index is -1.28. The number of nitrogens with zero attached hydrogens (tertiary/aromatic N) is 5. The van der Waals surface area contributed by atoms with E-state index in [0.717, 1.165) is 5.56 Å². The molecule has 1 N–H and O–H groups in total. The van der Waals surface area contributed by atoms with Gasteiger partial charge in [0.05, 0.1) is 21.8 Å². The number of rotatable bonds is 5. The van der Waals surface area contributed by atoms with Gasteiger partial charge in [0.2, 0.25) is 6.79 Å². The lowest BCUT2D eigenvalue weighted by Gasteiger charge is -2.13. The number of aromatic carboxylic acids is 1. The molecule has 5 aromatic rings. The van der Waals surface area contributed by atoms with E-state index in [1.54, 1.807) is 18.2 Å². The first-order valence-corrected chi connectivity index (χ1v) is 10.7. The third kappa shape index (κ3) is 3.46. The van der Waals surface area contributed by atoms with Crippen LogP contribution < -0.4 is 9.47 Å². The Bertz CT molecular complexity index is 1660. The summed E-state index contributed by atoms with van der Waals surface area (Å²) >= 11 is 0. The number of non-ortho nitro benzene ring substituents is 1. The van der Waals surface area contributed by atoms with Crippen LogP contribution in [0.2, 0.25) is 0 Å². The fourth-order valence-corrected chi connectivity index (χ4v) is 4.12. The van der Waals surface area contributed by atoms with Crippen LogP contribution in [-0.2, 0) is 0 Å². The van der Waals surface area contributed by atoms with Gasteiger partial charge in [-0.2, -0.15) is 0 Å². The Labute approximate surface area is 202 Å². The third-order valence-electron chi connectivity index (χ3n) is 5.80. The van der Waals surface area contributed by atoms with E-state index in [0.29, 0.717) is 39.3 Å². The maximum atomic E-state index is 12.0. The van der Waals surface area contributed by atoms with Crippen LogP contribution >= 0.6 is 0 Å².